The van der Waals surface area contributed by atoms with Gasteiger partial charge in [-0.2, -0.15) is 4.31 Å². The second-order valence-electron chi connectivity index (χ2n) is 9.80. The summed E-state index contributed by atoms with van der Waals surface area (Å²) in [5.74, 6) is 0.462. The number of morpholine rings is 1. The molecular formula is C24H39N3O4S. The molecule has 1 unspecified atom stereocenters. The van der Waals surface area contributed by atoms with Gasteiger partial charge in [-0.15, -0.1) is 0 Å². The highest BCUT2D eigenvalue weighted by atomic mass is 32.2. The number of sulfonamides is 1. The highest BCUT2D eigenvalue weighted by Crippen LogP contribution is 2.28. The summed E-state index contributed by atoms with van der Waals surface area (Å²) in [6.07, 6.45) is 1.10. The molecule has 180 valence electrons. The number of aryl methyl sites for hydroxylation is 3. The van der Waals surface area contributed by atoms with Crippen molar-refractivity contribution >= 4 is 15.9 Å². The topological polar surface area (TPSA) is 79.0 Å². The van der Waals surface area contributed by atoms with Crippen LogP contribution in [-0.4, -0.2) is 75.5 Å². The fraction of sp³-hybridized carbons (Fsp3) is 0.708. The second-order valence-corrected chi connectivity index (χ2v) is 11.7. The summed E-state index contributed by atoms with van der Waals surface area (Å²) in [5, 5.41) is 3.05. The average molecular weight is 466 g/mol. The maximum absolute atomic E-state index is 13.3. The lowest BCUT2D eigenvalue weighted by Gasteiger charge is -2.34. The third-order valence-corrected chi connectivity index (χ3v) is 8.58. The molecule has 2 fully saturated rings. The first-order chi connectivity index (χ1) is 15.1. The maximum Gasteiger partial charge on any atom is 0.243 e. The van der Waals surface area contributed by atoms with Crippen LogP contribution in [0, 0.1) is 32.6 Å². The third-order valence-electron chi connectivity index (χ3n) is 6.38. The van der Waals surface area contributed by atoms with Crippen LogP contribution in [0.1, 0.15) is 43.4 Å². The van der Waals surface area contributed by atoms with E-state index in [0.717, 1.165) is 36.3 Å². The van der Waals surface area contributed by atoms with Gasteiger partial charge < -0.3 is 10.1 Å². The molecule has 0 saturated carbocycles. The summed E-state index contributed by atoms with van der Waals surface area (Å²) >= 11 is 0. The van der Waals surface area contributed by atoms with Crippen LogP contribution < -0.4 is 5.32 Å². The van der Waals surface area contributed by atoms with Crippen LogP contribution in [0.2, 0.25) is 0 Å². The van der Waals surface area contributed by atoms with Crippen molar-refractivity contribution in [3.8, 4) is 0 Å². The average Bonchev–Trinajstić information content (AvgIpc) is 2.71. The monoisotopic (exact) mass is 465 g/mol. The SMILES string of the molecule is Cc1cc(C)c(S(=O)(=O)N2CCC(C(=O)NCC3CN(CC(C)C)CCO3)CC2)c(C)c1. The molecule has 3 rings (SSSR count). The predicted octanol–water partition coefficient (Wildman–Crippen LogP) is 2.49. The molecule has 2 aliphatic rings. The fourth-order valence-corrected chi connectivity index (χ4v) is 6.89. The number of hydrogen-bond donors (Lipinski definition) is 1. The Labute approximate surface area is 193 Å². The Bertz CT molecular complexity index is 885. The molecule has 0 radical (unpaired) electrons. The number of piperidine rings is 1. The molecule has 1 atom stereocenters. The minimum absolute atomic E-state index is 0.00864. The summed E-state index contributed by atoms with van der Waals surface area (Å²) in [5.41, 5.74) is 2.62. The quantitative estimate of drug-likeness (QED) is 0.669. The zero-order chi connectivity index (χ0) is 23.5. The number of nitrogens with one attached hydrogen (secondary N) is 1. The van der Waals surface area contributed by atoms with Crippen molar-refractivity contribution in [2.24, 2.45) is 11.8 Å². The van der Waals surface area contributed by atoms with E-state index in [1.165, 1.54) is 4.31 Å². The number of carbonyl (C=O) groups excluding carboxylic acids is 1. The second kappa shape index (κ2) is 10.6. The molecule has 1 amide bonds. The van der Waals surface area contributed by atoms with Gasteiger partial charge in [0, 0.05) is 45.2 Å². The Morgan fingerprint density at radius 2 is 1.75 bits per heavy atom. The van der Waals surface area contributed by atoms with E-state index in [9.17, 15) is 13.2 Å². The Hall–Kier alpha value is -1.48. The summed E-state index contributed by atoms with van der Waals surface area (Å²) in [7, 11) is -3.56. The zero-order valence-corrected chi connectivity index (χ0v) is 21.0. The highest BCUT2D eigenvalue weighted by Gasteiger charge is 2.34. The number of carbonyl (C=O) groups is 1. The Kier molecular flexibility index (Phi) is 8.36. The molecule has 8 heteroatoms. The molecule has 0 bridgehead atoms. The fourth-order valence-electron chi connectivity index (χ4n) is 5.01. The summed E-state index contributed by atoms with van der Waals surface area (Å²) in [6.45, 7) is 14.9. The van der Waals surface area contributed by atoms with Crippen molar-refractivity contribution in [1.29, 1.82) is 0 Å². The first-order valence-corrected chi connectivity index (χ1v) is 13.2. The molecule has 0 aromatic heterocycles. The van der Waals surface area contributed by atoms with Crippen LogP contribution in [0.15, 0.2) is 17.0 Å². The van der Waals surface area contributed by atoms with Gasteiger partial charge in [0.05, 0.1) is 17.6 Å². The number of nitrogens with zero attached hydrogens (tertiary/aromatic N) is 2. The lowest BCUT2D eigenvalue weighted by atomic mass is 9.97. The van der Waals surface area contributed by atoms with Crippen LogP contribution >= 0.6 is 0 Å². The van der Waals surface area contributed by atoms with Crippen molar-refractivity contribution in [3.63, 3.8) is 0 Å². The summed E-state index contributed by atoms with van der Waals surface area (Å²) < 4.78 is 33.9. The molecule has 0 spiro atoms. The van der Waals surface area contributed by atoms with Gasteiger partial charge in [-0.1, -0.05) is 31.5 Å². The molecule has 2 heterocycles. The van der Waals surface area contributed by atoms with Gasteiger partial charge in [-0.3, -0.25) is 9.69 Å². The van der Waals surface area contributed by atoms with Crippen molar-refractivity contribution in [3.05, 3.63) is 28.8 Å². The summed E-state index contributed by atoms with van der Waals surface area (Å²) in [4.78, 5) is 15.5. The van der Waals surface area contributed by atoms with Gasteiger partial charge in [0.25, 0.3) is 0 Å². The van der Waals surface area contributed by atoms with Crippen LogP contribution in [-0.2, 0) is 19.6 Å². The van der Waals surface area contributed by atoms with Gasteiger partial charge in [-0.05, 0) is 50.7 Å². The third kappa shape index (κ3) is 6.10. The van der Waals surface area contributed by atoms with Gasteiger partial charge in [0.2, 0.25) is 15.9 Å². The number of benzene rings is 1. The molecule has 0 aliphatic carbocycles. The standard InChI is InChI=1S/C24H39N3O4S/c1-17(2)15-26-10-11-31-22(16-26)14-25-24(28)21-6-8-27(9-7-21)32(29,30)23-19(4)12-18(3)13-20(23)5/h12-13,17,21-22H,6-11,14-16H2,1-5H3,(H,25,28). The Morgan fingerprint density at radius 1 is 1.12 bits per heavy atom. The van der Waals surface area contributed by atoms with Crippen molar-refractivity contribution < 1.29 is 17.9 Å². The van der Waals surface area contributed by atoms with E-state index in [0.29, 0.717) is 49.9 Å². The molecule has 1 aromatic rings. The van der Waals surface area contributed by atoms with E-state index in [1.807, 2.05) is 32.9 Å². The van der Waals surface area contributed by atoms with Gasteiger partial charge in [0.1, 0.15) is 0 Å². The van der Waals surface area contributed by atoms with E-state index >= 15 is 0 Å². The van der Waals surface area contributed by atoms with Gasteiger partial charge in [0.15, 0.2) is 0 Å². The van der Waals surface area contributed by atoms with Crippen molar-refractivity contribution in [1.82, 2.24) is 14.5 Å². The van der Waals surface area contributed by atoms with Crippen LogP contribution in [0.25, 0.3) is 0 Å². The molecule has 2 aliphatic heterocycles. The van der Waals surface area contributed by atoms with Crippen LogP contribution in [0.3, 0.4) is 0 Å². The zero-order valence-electron chi connectivity index (χ0n) is 20.2. The molecule has 7 nitrogen and oxygen atoms in total. The molecule has 1 aromatic carbocycles. The van der Waals surface area contributed by atoms with E-state index < -0.39 is 10.0 Å². The first kappa shape index (κ1) is 25.1. The number of ether oxygens (including phenoxy) is 1. The highest BCUT2D eigenvalue weighted by molar-refractivity contribution is 7.89. The van der Waals surface area contributed by atoms with E-state index in [1.54, 1.807) is 0 Å². The van der Waals surface area contributed by atoms with Crippen molar-refractivity contribution in [2.75, 3.05) is 45.9 Å². The maximum atomic E-state index is 13.3. The molecule has 2 saturated heterocycles. The van der Waals surface area contributed by atoms with Gasteiger partial charge in [-0.25, -0.2) is 8.42 Å². The van der Waals surface area contributed by atoms with Crippen molar-refractivity contribution in [2.45, 2.75) is 58.5 Å². The number of hydrogen-bond acceptors (Lipinski definition) is 5. The van der Waals surface area contributed by atoms with E-state index in [4.69, 9.17) is 4.74 Å². The smallest absolute Gasteiger partial charge is 0.243 e. The first-order valence-electron chi connectivity index (χ1n) is 11.8. The van der Waals surface area contributed by atoms with Gasteiger partial charge >= 0.3 is 0 Å². The van der Waals surface area contributed by atoms with E-state index in [2.05, 4.69) is 24.1 Å². The Balaban J connectivity index is 1.51. The molecule has 32 heavy (non-hydrogen) atoms. The minimum Gasteiger partial charge on any atom is -0.374 e. The van der Waals surface area contributed by atoms with Crippen LogP contribution in [0.5, 0.6) is 0 Å². The molecular weight excluding hydrogens is 426 g/mol. The normalized spacial score (nSPS) is 21.8. The molecule has 1 N–H and O–H groups in total. The lowest BCUT2D eigenvalue weighted by molar-refractivity contribution is -0.127. The summed E-state index contributed by atoms with van der Waals surface area (Å²) in [6, 6.07) is 3.82. The van der Waals surface area contributed by atoms with Crippen LogP contribution in [0.4, 0.5) is 0 Å². The van der Waals surface area contributed by atoms with E-state index in [-0.39, 0.29) is 17.9 Å². The predicted molar refractivity (Wildman–Crippen MR) is 126 cm³/mol. The Morgan fingerprint density at radius 3 is 2.34 bits per heavy atom. The number of rotatable bonds is 7. The largest absolute Gasteiger partial charge is 0.374 e. The number of amides is 1. The minimum atomic E-state index is -3.56. The lowest BCUT2D eigenvalue weighted by Crippen LogP contribution is -2.50.